The standard InChI is InChI=1S/C16H21N3O2S2/c1-11-9-17-7-6-15(11)19-23(20,21)14-5-3-4-13(8-14)16-18-12(2)10-22-16/h3-5,8,10-11,15,17,19H,6-7,9H2,1-2H3. The van der Waals surface area contributed by atoms with Crippen molar-refractivity contribution in [1.29, 1.82) is 0 Å². The Kier molecular flexibility index (Phi) is 4.82. The zero-order chi connectivity index (χ0) is 16.4. The Morgan fingerprint density at radius 3 is 2.91 bits per heavy atom. The highest BCUT2D eigenvalue weighted by Crippen LogP contribution is 2.26. The molecule has 0 aliphatic carbocycles. The fraction of sp³-hybridized carbons (Fsp3) is 0.438. The summed E-state index contributed by atoms with van der Waals surface area (Å²) in [5.74, 6) is 0.281. The lowest BCUT2D eigenvalue weighted by molar-refractivity contribution is 0.328. The van der Waals surface area contributed by atoms with Crippen molar-refractivity contribution in [2.45, 2.75) is 31.2 Å². The molecule has 0 amide bonds. The number of sulfonamides is 1. The number of nitrogens with one attached hydrogen (secondary N) is 2. The first-order chi connectivity index (χ1) is 11.0. The van der Waals surface area contributed by atoms with Crippen LogP contribution in [0.3, 0.4) is 0 Å². The predicted octanol–water partition coefficient (Wildman–Crippen LogP) is 2.39. The number of benzene rings is 1. The van der Waals surface area contributed by atoms with Crippen molar-refractivity contribution in [2.24, 2.45) is 5.92 Å². The van der Waals surface area contributed by atoms with Crippen LogP contribution in [0, 0.1) is 12.8 Å². The third-order valence-corrected chi connectivity index (χ3v) is 6.60. The van der Waals surface area contributed by atoms with Crippen LogP contribution in [0.5, 0.6) is 0 Å². The maximum atomic E-state index is 12.7. The lowest BCUT2D eigenvalue weighted by atomic mass is 9.97. The first-order valence-corrected chi connectivity index (χ1v) is 10.1. The molecule has 0 spiro atoms. The number of aromatic nitrogens is 1. The molecule has 124 valence electrons. The normalized spacial score (nSPS) is 22.2. The molecular formula is C16H21N3O2S2. The molecule has 3 rings (SSSR count). The zero-order valence-electron chi connectivity index (χ0n) is 13.2. The number of aryl methyl sites for hydroxylation is 1. The smallest absolute Gasteiger partial charge is 0.240 e. The monoisotopic (exact) mass is 351 g/mol. The topological polar surface area (TPSA) is 71.1 Å². The van der Waals surface area contributed by atoms with E-state index in [1.165, 1.54) is 11.3 Å². The maximum Gasteiger partial charge on any atom is 0.240 e. The van der Waals surface area contributed by atoms with Crippen LogP contribution >= 0.6 is 11.3 Å². The first-order valence-electron chi connectivity index (χ1n) is 7.71. The number of hydrogen-bond acceptors (Lipinski definition) is 5. The van der Waals surface area contributed by atoms with Gasteiger partial charge in [-0.05, 0) is 44.5 Å². The van der Waals surface area contributed by atoms with Crippen LogP contribution in [0.15, 0.2) is 34.5 Å². The minimum atomic E-state index is -3.52. The molecule has 0 saturated carbocycles. The Morgan fingerprint density at radius 2 is 2.22 bits per heavy atom. The summed E-state index contributed by atoms with van der Waals surface area (Å²) in [4.78, 5) is 4.73. The zero-order valence-corrected chi connectivity index (χ0v) is 14.9. The van der Waals surface area contributed by atoms with Crippen LogP contribution in [-0.2, 0) is 10.0 Å². The molecule has 0 radical (unpaired) electrons. The fourth-order valence-corrected chi connectivity index (χ4v) is 4.96. The average molecular weight is 351 g/mol. The van der Waals surface area contributed by atoms with E-state index in [2.05, 4.69) is 21.9 Å². The largest absolute Gasteiger partial charge is 0.316 e. The highest BCUT2D eigenvalue weighted by Gasteiger charge is 2.26. The van der Waals surface area contributed by atoms with E-state index in [0.717, 1.165) is 35.8 Å². The highest BCUT2D eigenvalue weighted by atomic mass is 32.2. The van der Waals surface area contributed by atoms with E-state index < -0.39 is 10.0 Å². The van der Waals surface area contributed by atoms with E-state index in [4.69, 9.17) is 0 Å². The SMILES string of the molecule is Cc1csc(-c2cccc(S(=O)(=O)NC3CCNCC3C)c2)n1. The summed E-state index contributed by atoms with van der Waals surface area (Å²) < 4.78 is 28.2. The third-order valence-electron chi connectivity index (χ3n) is 4.10. The summed E-state index contributed by atoms with van der Waals surface area (Å²) in [6.45, 7) is 5.68. The fourth-order valence-electron chi connectivity index (χ4n) is 2.74. The minimum absolute atomic E-state index is 0.0213. The molecule has 2 heterocycles. The van der Waals surface area contributed by atoms with Crippen LogP contribution in [0.2, 0.25) is 0 Å². The molecule has 1 aliphatic heterocycles. The molecular weight excluding hydrogens is 330 g/mol. The molecule has 2 atom stereocenters. The molecule has 1 aromatic heterocycles. The summed E-state index contributed by atoms with van der Waals surface area (Å²) in [6, 6.07) is 6.98. The van der Waals surface area contributed by atoms with Crippen LogP contribution in [-0.4, -0.2) is 32.5 Å². The molecule has 2 N–H and O–H groups in total. The van der Waals surface area contributed by atoms with E-state index in [9.17, 15) is 8.42 Å². The van der Waals surface area contributed by atoms with Crippen molar-refractivity contribution in [3.05, 3.63) is 35.3 Å². The Bertz CT molecular complexity index is 786. The molecule has 2 unspecified atom stereocenters. The van der Waals surface area contributed by atoms with Crippen molar-refractivity contribution in [1.82, 2.24) is 15.0 Å². The quantitative estimate of drug-likeness (QED) is 0.887. The van der Waals surface area contributed by atoms with E-state index in [1.54, 1.807) is 18.2 Å². The van der Waals surface area contributed by atoms with E-state index in [0.29, 0.717) is 4.90 Å². The molecule has 7 heteroatoms. The van der Waals surface area contributed by atoms with Gasteiger partial charge in [0.15, 0.2) is 0 Å². The Balaban J connectivity index is 1.85. The van der Waals surface area contributed by atoms with Crippen molar-refractivity contribution >= 4 is 21.4 Å². The van der Waals surface area contributed by atoms with Gasteiger partial charge in [-0.15, -0.1) is 11.3 Å². The molecule has 5 nitrogen and oxygen atoms in total. The van der Waals surface area contributed by atoms with Crippen LogP contribution in [0.25, 0.3) is 10.6 Å². The van der Waals surface area contributed by atoms with Crippen molar-refractivity contribution in [2.75, 3.05) is 13.1 Å². The molecule has 1 aliphatic rings. The predicted molar refractivity (Wildman–Crippen MR) is 93.0 cm³/mol. The van der Waals surface area contributed by atoms with E-state index in [1.807, 2.05) is 18.4 Å². The van der Waals surface area contributed by atoms with Crippen LogP contribution in [0.1, 0.15) is 19.0 Å². The van der Waals surface area contributed by atoms with Gasteiger partial charge in [-0.3, -0.25) is 0 Å². The van der Waals surface area contributed by atoms with Gasteiger partial charge in [0, 0.05) is 22.7 Å². The molecule has 23 heavy (non-hydrogen) atoms. The highest BCUT2D eigenvalue weighted by molar-refractivity contribution is 7.89. The molecule has 0 bridgehead atoms. The van der Waals surface area contributed by atoms with Crippen LogP contribution < -0.4 is 10.0 Å². The third kappa shape index (κ3) is 3.80. The van der Waals surface area contributed by atoms with Gasteiger partial charge >= 0.3 is 0 Å². The van der Waals surface area contributed by atoms with Gasteiger partial charge < -0.3 is 5.32 Å². The summed E-state index contributed by atoms with van der Waals surface area (Å²) in [5.41, 5.74) is 1.78. The minimum Gasteiger partial charge on any atom is -0.316 e. The number of piperidine rings is 1. The second-order valence-electron chi connectivity index (χ2n) is 6.02. The summed E-state index contributed by atoms with van der Waals surface area (Å²) in [5, 5.41) is 6.09. The lowest BCUT2D eigenvalue weighted by Gasteiger charge is -2.30. The van der Waals surface area contributed by atoms with Crippen LogP contribution in [0.4, 0.5) is 0 Å². The number of thiazole rings is 1. The number of rotatable bonds is 4. The number of hydrogen-bond donors (Lipinski definition) is 2. The van der Waals surface area contributed by atoms with Gasteiger partial charge in [0.05, 0.1) is 4.90 Å². The Labute approximate surface area is 141 Å². The first kappa shape index (κ1) is 16.6. The summed E-state index contributed by atoms with van der Waals surface area (Å²) in [6.07, 6.45) is 0.811. The Hall–Kier alpha value is -1.28. The van der Waals surface area contributed by atoms with E-state index >= 15 is 0 Å². The Morgan fingerprint density at radius 1 is 1.39 bits per heavy atom. The van der Waals surface area contributed by atoms with Crippen molar-refractivity contribution in [3.63, 3.8) is 0 Å². The van der Waals surface area contributed by atoms with Gasteiger partial charge in [-0.25, -0.2) is 18.1 Å². The van der Waals surface area contributed by atoms with Crippen molar-refractivity contribution < 1.29 is 8.42 Å². The molecule has 1 saturated heterocycles. The summed E-state index contributed by atoms with van der Waals surface area (Å²) in [7, 11) is -3.52. The van der Waals surface area contributed by atoms with Gasteiger partial charge in [0.2, 0.25) is 10.0 Å². The van der Waals surface area contributed by atoms with Crippen molar-refractivity contribution in [3.8, 4) is 10.6 Å². The second kappa shape index (κ2) is 6.68. The van der Waals surface area contributed by atoms with E-state index in [-0.39, 0.29) is 12.0 Å². The van der Waals surface area contributed by atoms with Gasteiger partial charge in [-0.2, -0.15) is 0 Å². The molecule has 1 aromatic carbocycles. The summed E-state index contributed by atoms with van der Waals surface area (Å²) >= 11 is 1.52. The average Bonchev–Trinajstić information content (AvgIpc) is 2.96. The maximum absolute atomic E-state index is 12.7. The van der Waals surface area contributed by atoms with Gasteiger partial charge in [0.25, 0.3) is 0 Å². The van der Waals surface area contributed by atoms with Gasteiger partial charge in [0.1, 0.15) is 5.01 Å². The number of nitrogens with zero attached hydrogens (tertiary/aromatic N) is 1. The lowest BCUT2D eigenvalue weighted by Crippen LogP contribution is -2.48. The second-order valence-corrected chi connectivity index (χ2v) is 8.59. The molecule has 2 aromatic rings. The molecule has 1 fully saturated rings. The van der Waals surface area contributed by atoms with Gasteiger partial charge in [-0.1, -0.05) is 19.1 Å².